The number of rotatable bonds is 5. The molecule has 3 heteroatoms. The van der Waals surface area contributed by atoms with E-state index in [1.807, 2.05) is 12.4 Å². The number of halogens is 2. The van der Waals surface area contributed by atoms with Crippen LogP contribution in [-0.4, -0.2) is 10.3 Å². The Bertz CT molecular complexity index is 276. The van der Waals surface area contributed by atoms with E-state index in [4.69, 9.17) is 0 Å². The van der Waals surface area contributed by atoms with E-state index in [0.717, 1.165) is 22.1 Å². The molecule has 1 aromatic rings. The first-order chi connectivity index (χ1) is 6.76. The highest BCUT2D eigenvalue weighted by Crippen LogP contribution is 2.18. The molecule has 0 bridgehead atoms. The first-order valence-corrected chi connectivity index (χ1v) is 6.83. The van der Waals surface area contributed by atoms with Gasteiger partial charge in [-0.1, -0.05) is 29.3 Å². The lowest BCUT2D eigenvalue weighted by Crippen LogP contribution is -2.05. The molecule has 1 heterocycles. The minimum absolute atomic E-state index is 0.732. The molecule has 0 amide bonds. The Morgan fingerprint density at radius 1 is 1.43 bits per heavy atom. The molecule has 14 heavy (non-hydrogen) atoms. The van der Waals surface area contributed by atoms with Crippen LogP contribution in [0.4, 0.5) is 0 Å². The van der Waals surface area contributed by atoms with Crippen molar-refractivity contribution >= 4 is 31.9 Å². The van der Waals surface area contributed by atoms with Crippen LogP contribution >= 0.6 is 31.9 Å². The molecule has 1 nitrogen and oxygen atoms in total. The third-order valence-corrected chi connectivity index (χ3v) is 3.55. The van der Waals surface area contributed by atoms with Gasteiger partial charge in [-0.05, 0) is 46.3 Å². The van der Waals surface area contributed by atoms with Crippen LogP contribution in [-0.2, 0) is 6.42 Å². The van der Waals surface area contributed by atoms with Crippen molar-refractivity contribution < 1.29 is 0 Å². The maximum atomic E-state index is 4.17. The molecular weight excluding hydrogens is 306 g/mol. The van der Waals surface area contributed by atoms with Crippen molar-refractivity contribution in [2.75, 3.05) is 5.33 Å². The van der Waals surface area contributed by atoms with Gasteiger partial charge in [0.2, 0.25) is 0 Å². The largest absolute Gasteiger partial charge is 0.263 e. The van der Waals surface area contributed by atoms with Gasteiger partial charge in [0.15, 0.2) is 0 Å². The van der Waals surface area contributed by atoms with Crippen molar-refractivity contribution in [1.82, 2.24) is 4.98 Å². The number of hydrogen-bond donors (Lipinski definition) is 0. The van der Waals surface area contributed by atoms with E-state index in [2.05, 4.69) is 49.8 Å². The van der Waals surface area contributed by atoms with Crippen LogP contribution in [0, 0.1) is 5.92 Å². The van der Waals surface area contributed by atoms with Crippen molar-refractivity contribution in [3.63, 3.8) is 0 Å². The molecule has 0 aromatic carbocycles. The fourth-order valence-electron chi connectivity index (χ4n) is 1.54. The normalized spacial score (nSPS) is 12.8. The lowest BCUT2D eigenvalue weighted by molar-refractivity contribution is 0.533. The minimum Gasteiger partial charge on any atom is -0.263 e. The van der Waals surface area contributed by atoms with Crippen molar-refractivity contribution in [2.24, 2.45) is 5.92 Å². The van der Waals surface area contributed by atoms with Gasteiger partial charge in [0, 0.05) is 22.2 Å². The van der Waals surface area contributed by atoms with E-state index < -0.39 is 0 Å². The van der Waals surface area contributed by atoms with Crippen LogP contribution in [0.3, 0.4) is 0 Å². The molecule has 0 aliphatic rings. The third-order valence-electron chi connectivity index (χ3n) is 2.20. The van der Waals surface area contributed by atoms with E-state index >= 15 is 0 Å². The van der Waals surface area contributed by atoms with Crippen molar-refractivity contribution in [1.29, 1.82) is 0 Å². The number of aromatic nitrogens is 1. The average Bonchev–Trinajstić information content (AvgIpc) is 2.17. The second-order valence-electron chi connectivity index (χ2n) is 3.52. The summed E-state index contributed by atoms with van der Waals surface area (Å²) in [5.74, 6) is 0.732. The minimum atomic E-state index is 0.732. The SMILES string of the molecule is CCCC(CBr)Cc1cncc(Br)c1. The Labute approximate surface area is 103 Å². The van der Waals surface area contributed by atoms with Crippen LogP contribution in [0.2, 0.25) is 0 Å². The molecule has 0 saturated heterocycles. The highest BCUT2D eigenvalue weighted by molar-refractivity contribution is 9.10. The maximum Gasteiger partial charge on any atom is 0.0410 e. The highest BCUT2D eigenvalue weighted by Gasteiger charge is 2.07. The standard InChI is InChI=1S/C11H15Br2N/c1-2-3-9(6-12)4-10-5-11(13)8-14-7-10/h5,7-9H,2-4,6H2,1H3. The molecule has 1 unspecified atom stereocenters. The predicted octanol–water partition coefficient (Wildman–Crippen LogP) is 4.20. The van der Waals surface area contributed by atoms with E-state index in [1.54, 1.807) is 0 Å². The summed E-state index contributed by atoms with van der Waals surface area (Å²) < 4.78 is 1.07. The zero-order valence-corrected chi connectivity index (χ0v) is 11.5. The number of pyridine rings is 1. The quantitative estimate of drug-likeness (QED) is 0.741. The van der Waals surface area contributed by atoms with Crippen molar-refractivity contribution in [3.05, 3.63) is 28.5 Å². The third kappa shape index (κ3) is 4.09. The molecule has 0 aliphatic carbocycles. The number of hydrogen-bond acceptors (Lipinski definition) is 1. The Morgan fingerprint density at radius 3 is 2.79 bits per heavy atom. The van der Waals surface area contributed by atoms with Crippen molar-refractivity contribution in [2.45, 2.75) is 26.2 Å². The number of nitrogens with zero attached hydrogens (tertiary/aromatic N) is 1. The second kappa shape index (κ2) is 6.57. The summed E-state index contributed by atoms with van der Waals surface area (Å²) >= 11 is 7.00. The Kier molecular flexibility index (Phi) is 5.71. The molecule has 0 saturated carbocycles. The fraction of sp³-hybridized carbons (Fsp3) is 0.545. The van der Waals surface area contributed by atoms with Gasteiger partial charge in [-0.3, -0.25) is 4.98 Å². The summed E-state index contributed by atoms with van der Waals surface area (Å²) in [7, 11) is 0. The predicted molar refractivity (Wildman–Crippen MR) is 67.8 cm³/mol. The maximum absolute atomic E-state index is 4.17. The van der Waals surface area contributed by atoms with E-state index in [9.17, 15) is 0 Å². The fourth-order valence-corrected chi connectivity index (χ4v) is 2.51. The van der Waals surface area contributed by atoms with Gasteiger partial charge in [-0.2, -0.15) is 0 Å². The summed E-state index contributed by atoms with van der Waals surface area (Å²) in [6, 6.07) is 2.15. The van der Waals surface area contributed by atoms with Crippen LogP contribution < -0.4 is 0 Å². The molecular formula is C11H15Br2N. The molecule has 0 N–H and O–H groups in total. The van der Waals surface area contributed by atoms with Gasteiger partial charge >= 0.3 is 0 Å². The van der Waals surface area contributed by atoms with Gasteiger partial charge in [0.1, 0.15) is 0 Å². The van der Waals surface area contributed by atoms with Crippen molar-refractivity contribution in [3.8, 4) is 0 Å². The zero-order chi connectivity index (χ0) is 10.4. The highest BCUT2D eigenvalue weighted by atomic mass is 79.9. The summed E-state index contributed by atoms with van der Waals surface area (Å²) in [6.45, 7) is 2.23. The zero-order valence-electron chi connectivity index (χ0n) is 8.34. The summed E-state index contributed by atoms with van der Waals surface area (Å²) in [6.07, 6.45) is 7.42. The monoisotopic (exact) mass is 319 g/mol. The molecule has 0 fully saturated rings. The Balaban J connectivity index is 2.57. The van der Waals surface area contributed by atoms with E-state index in [0.29, 0.717) is 0 Å². The first-order valence-electron chi connectivity index (χ1n) is 4.91. The summed E-state index contributed by atoms with van der Waals surface area (Å²) in [5, 5.41) is 1.08. The Hall–Kier alpha value is 0.110. The molecule has 78 valence electrons. The molecule has 0 spiro atoms. The lowest BCUT2D eigenvalue weighted by Gasteiger charge is -2.12. The Morgan fingerprint density at radius 2 is 2.21 bits per heavy atom. The topological polar surface area (TPSA) is 12.9 Å². The molecule has 0 radical (unpaired) electrons. The van der Waals surface area contributed by atoms with Gasteiger partial charge in [0.25, 0.3) is 0 Å². The average molecular weight is 321 g/mol. The molecule has 1 aromatic heterocycles. The first kappa shape index (κ1) is 12.2. The van der Waals surface area contributed by atoms with Crippen LogP contribution in [0.5, 0.6) is 0 Å². The molecule has 1 rings (SSSR count). The summed E-state index contributed by atoms with van der Waals surface area (Å²) in [5.41, 5.74) is 1.32. The van der Waals surface area contributed by atoms with E-state index in [1.165, 1.54) is 18.4 Å². The van der Waals surface area contributed by atoms with Gasteiger partial charge in [0.05, 0.1) is 0 Å². The van der Waals surface area contributed by atoms with Gasteiger partial charge < -0.3 is 0 Å². The number of alkyl halides is 1. The van der Waals surface area contributed by atoms with Crippen LogP contribution in [0.1, 0.15) is 25.3 Å². The lowest BCUT2D eigenvalue weighted by atomic mass is 9.98. The molecule has 1 atom stereocenters. The van der Waals surface area contributed by atoms with Gasteiger partial charge in [-0.15, -0.1) is 0 Å². The van der Waals surface area contributed by atoms with Crippen LogP contribution in [0.15, 0.2) is 22.9 Å². The van der Waals surface area contributed by atoms with Gasteiger partial charge in [-0.25, -0.2) is 0 Å². The van der Waals surface area contributed by atoms with Crippen LogP contribution in [0.25, 0.3) is 0 Å². The van der Waals surface area contributed by atoms with E-state index in [-0.39, 0.29) is 0 Å². The smallest absolute Gasteiger partial charge is 0.0410 e. The molecule has 0 aliphatic heterocycles. The second-order valence-corrected chi connectivity index (χ2v) is 5.09. The summed E-state index contributed by atoms with van der Waals surface area (Å²) in [4.78, 5) is 4.17.